The second-order valence-electron chi connectivity index (χ2n) is 5.05. The zero-order valence-corrected chi connectivity index (χ0v) is 13.8. The lowest BCUT2D eigenvalue weighted by Gasteiger charge is -1.99. The number of nitriles is 1. The van der Waals surface area contributed by atoms with Gasteiger partial charge >= 0.3 is 0 Å². The van der Waals surface area contributed by atoms with E-state index in [2.05, 4.69) is 6.07 Å². The molecule has 0 aliphatic rings. The fourth-order valence-corrected chi connectivity index (χ4v) is 2.98. The summed E-state index contributed by atoms with van der Waals surface area (Å²) in [7, 11) is 0. The Bertz CT molecular complexity index is 972. The molecule has 3 aromatic rings. The highest BCUT2D eigenvalue weighted by Gasteiger charge is 2.10. The van der Waals surface area contributed by atoms with E-state index in [-0.39, 0.29) is 5.69 Å². The summed E-state index contributed by atoms with van der Waals surface area (Å²) in [5, 5.41) is 21.0. The SMILES string of the molecule is N#C/C(=C\c1ccc(Sc2ccccc2)o1)c1cccc([N+](=O)[O-])c1. The quantitative estimate of drug-likeness (QED) is 0.350. The smallest absolute Gasteiger partial charge is 0.270 e. The first-order valence-electron chi connectivity index (χ1n) is 7.35. The van der Waals surface area contributed by atoms with Crippen molar-refractivity contribution in [3.05, 3.63) is 88.2 Å². The molecule has 0 saturated heterocycles. The molecule has 6 heteroatoms. The van der Waals surface area contributed by atoms with E-state index in [1.807, 2.05) is 36.4 Å². The maximum Gasteiger partial charge on any atom is 0.270 e. The summed E-state index contributed by atoms with van der Waals surface area (Å²) in [5.74, 6) is 0.515. The third-order valence-corrected chi connectivity index (χ3v) is 4.27. The third kappa shape index (κ3) is 4.16. The first-order chi connectivity index (χ1) is 12.2. The van der Waals surface area contributed by atoms with Crippen LogP contribution in [0, 0.1) is 21.4 Å². The average molecular weight is 348 g/mol. The van der Waals surface area contributed by atoms with Gasteiger partial charge < -0.3 is 4.42 Å². The second kappa shape index (κ2) is 7.51. The van der Waals surface area contributed by atoms with Crippen molar-refractivity contribution in [2.75, 3.05) is 0 Å². The molecule has 0 unspecified atom stereocenters. The lowest BCUT2D eigenvalue weighted by Crippen LogP contribution is -1.89. The van der Waals surface area contributed by atoms with Crippen LogP contribution in [-0.2, 0) is 0 Å². The molecule has 0 saturated carbocycles. The van der Waals surface area contributed by atoms with Gasteiger partial charge in [0.2, 0.25) is 0 Å². The predicted molar refractivity (Wildman–Crippen MR) is 95.9 cm³/mol. The number of benzene rings is 2. The van der Waals surface area contributed by atoms with Gasteiger partial charge in [0, 0.05) is 17.0 Å². The molecule has 0 spiro atoms. The molecule has 122 valence electrons. The Morgan fingerprint density at radius 3 is 2.64 bits per heavy atom. The Balaban J connectivity index is 1.85. The lowest BCUT2D eigenvalue weighted by molar-refractivity contribution is -0.384. The molecule has 0 amide bonds. The molecule has 5 nitrogen and oxygen atoms in total. The summed E-state index contributed by atoms with van der Waals surface area (Å²) < 4.78 is 5.72. The number of nitrogens with zero attached hydrogens (tertiary/aromatic N) is 2. The van der Waals surface area contributed by atoms with Crippen LogP contribution in [0.3, 0.4) is 0 Å². The Morgan fingerprint density at radius 1 is 1.12 bits per heavy atom. The van der Waals surface area contributed by atoms with Crippen molar-refractivity contribution in [1.82, 2.24) is 0 Å². The number of nitro groups is 1. The Morgan fingerprint density at radius 2 is 1.92 bits per heavy atom. The van der Waals surface area contributed by atoms with Crippen LogP contribution in [-0.4, -0.2) is 4.92 Å². The van der Waals surface area contributed by atoms with Crippen LogP contribution >= 0.6 is 11.8 Å². The van der Waals surface area contributed by atoms with E-state index in [0.717, 1.165) is 4.90 Å². The molecular formula is C19H12N2O3S. The molecule has 1 aromatic heterocycles. The molecule has 0 fully saturated rings. The van der Waals surface area contributed by atoms with Crippen LogP contribution in [0.5, 0.6) is 0 Å². The number of allylic oxidation sites excluding steroid dienone is 1. The van der Waals surface area contributed by atoms with Crippen LogP contribution in [0.25, 0.3) is 11.6 Å². The van der Waals surface area contributed by atoms with Gasteiger partial charge in [0.25, 0.3) is 5.69 Å². The van der Waals surface area contributed by atoms with Crippen molar-refractivity contribution in [2.24, 2.45) is 0 Å². The molecule has 1 heterocycles. The molecule has 0 aliphatic carbocycles. The van der Waals surface area contributed by atoms with Gasteiger partial charge in [-0.3, -0.25) is 10.1 Å². The van der Waals surface area contributed by atoms with Gasteiger partial charge in [-0.1, -0.05) is 42.1 Å². The van der Waals surface area contributed by atoms with E-state index in [0.29, 0.717) is 22.0 Å². The van der Waals surface area contributed by atoms with Gasteiger partial charge in [-0.15, -0.1) is 0 Å². The van der Waals surface area contributed by atoms with Crippen molar-refractivity contribution in [2.45, 2.75) is 9.99 Å². The van der Waals surface area contributed by atoms with Gasteiger partial charge in [0.1, 0.15) is 5.76 Å². The highest BCUT2D eigenvalue weighted by Crippen LogP contribution is 2.30. The maximum absolute atomic E-state index is 10.9. The minimum absolute atomic E-state index is 0.0570. The Labute approximate surface area is 148 Å². The molecule has 0 bridgehead atoms. The monoisotopic (exact) mass is 348 g/mol. The topological polar surface area (TPSA) is 80.1 Å². The standard InChI is InChI=1S/C19H12N2O3S/c20-13-15(14-5-4-6-16(11-14)21(22)23)12-17-9-10-19(24-17)25-18-7-2-1-3-8-18/h1-12H/b15-12+. The van der Waals surface area contributed by atoms with E-state index in [1.165, 1.54) is 23.9 Å². The van der Waals surface area contributed by atoms with E-state index in [1.54, 1.807) is 24.3 Å². The number of rotatable bonds is 5. The summed E-state index contributed by atoms with van der Waals surface area (Å²) in [6.45, 7) is 0. The number of hydrogen-bond acceptors (Lipinski definition) is 5. The third-order valence-electron chi connectivity index (χ3n) is 3.34. The first-order valence-corrected chi connectivity index (χ1v) is 8.17. The maximum atomic E-state index is 10.9. The van der Waals surface area contributed by atoms with Crippen LogP contribution in [0.15, 0.2) is 81.1 Å². The first kappa shape index (κ1) is 16.6. The van der Waals surface area contributed by atoms with Crippen molar-refractivity contribution < 1.29 is 9.34 Å². The molecule has 0 atom stereocenters. The van der Waals surface area contributed by atoms with Crippen molar-refractivity contribution >= 4 is 29.1 Å². The molecule has 3 rings (SSSR count). The van der Waals surface area contributed by atoms with Gasteiger partial charge in [-0.25, -0.2) is 0 Å². The highest BCUT2D eigenvalue weighted by atomic mass is 32.2. The molecule has 2 aromatic carbocycles. The predicted octanol–water partition coefficient (Wildman–Crippen LogP) is 5.40. The Hall–Kier alpha value is -3.30. The largest absolute Gasteiger partial charge is 0.450 e. The number of non-ortho nitro benzene ring substituents is 1. The van der Waals surface area contributed by atoms with Crippen LogP contribution in [0.4, 0.5) is 5.69 Å². The van der Waals surface area contributed by atoms with Gasteiger partial charge in [0.05, 0.1) is 16.6 Å². The van der Waals surface area contributed by atoms with E-state index in [9.17, 15) is 15.4 Å². The Kier molecular flexibility index (Phi) is 4.97. The molecule has 0 aliphatic heterocycles. The zero-order chi connectivity index (χ0) is 17.6. The summed E-state index contributed by atoms with van der Waals surface area (Å²) in [6.07, 6.45) is 1.58. The molecular weight excluding hydrogens is 336 g/mol. The minimum Gasteiger partial charge on any atom is -0.450 e. The van der Waals surface area contributed by atoms with Crippen molar-refractivity contribution in [3.63, 3.8) is 0 Å². The van der Waals surface area contributed by atoms with E-state index in [4.69, 9.17) is 4.42 Å². The molecule has 0 N–H and O–H groups in total. The van der Waals surface area contributed by atoms with E-state index < -0.39 is 4.92 Å². The zero-order valence-electron chi connectivity index (χ0n) is 13.0. The van der Waals surface area contributed by atoms with Gasteiger partial charge in [0.15, 0.2) is 5.09 Å². The normalized spacial score (nSPS) is 11.1. The van der Waals surface area contributed by atoms with Crippen LogP contribution in [0.1, 0.15) is 11.3 Å². The van der Waals surface area contributed by atoms with Crippen LogP contribution in [0.2, 0.25) is 0 Å². The summed E-state index contributed by atoms with van der Waals surface area (Å²) in [4.78, 5) is 11.4. The number of hydrogen-bond donors (Lipinski definition) is 0. The van der Waals surface area contributed by atoms with Gasteiger partial charge in [-0.2, -0.15) is 5.26 Å². The molecule has 25 heavy (non-hydrogen) atoms. The summed E-state index contributed by atoms with van der Waals surface area (Å²) in [6, 6.07) is 21.4. The van der Waals surface area contributed by atoms with Crippen molar-refractivity contribution in [3.8, 4) is 6.07 Å². The number of furan rings is 1. The van der Waals surface area contributed by atoms with Crippen molar-refractivity contribution in [1.29, 1.82) is 5.26 Å². The van der Waals surface area contributed by atoms with Gasteiger partial charge in [-0.05, 0) is 35.9 Å². The highest BCUT2D eigenvalue weighted by molar-refractivity contribution is 7.99. The second-order valence-corrected chi connectivity index (χ2v) is 6.13. The number of nitro benzene ring substituents is 1. The molecule has 0 radical (unpaired) electrons. The van der Waals surface area contributed by atoms with E-state index >= 15 is 0 Å². The summed E-state index contributed by atoms with van der Waals surface area (Å²) in [5.41, 5.74) is 0.720. The average Bonchev–Trinajstić information content (AvgIpc) is 3.07. The summed E-state index contributed by atoms with van der Waals surface area (Å²) >= 11 is 1.48. The lowest BCUT2D eigenvalue weighted by atomic mass is 10.1. The van der Waals surface area contributed by atoms with Crippen LogP contribution < -0.4 is 0 Å². The minimum atomic E-state index is -0.486. The fraction of sp³-hybridized carbons (Fsp3) is 0. The fourth-order valence-electron chi connectivity index (χ4n) is 2.18.